The number of carbonyl (C=O) groups excluding carboxylic acids is 1. The molecule has 0 unspecified atom stereocenters. The van der Waals surface area contributed by atoms with Crippen LogP contribution in [0.1, 0.15) is 0 Å². The lowest BCUT2D eigenvalue weighted by molar-refractivity contribution is -0.137. The van der Waals surface area contributed by atoms with Crippen molar-refractivity contribution >= 4 is 37.8 Å². The molecule has 0 aliphatic rings. The molecule has 0 radical (unpaired) electrons. The van der Waals surface area contributed by atoms with E-state index in [0.717, 1.165) is 0 Å². The third-order valence-electron chi connectivity index (χ3n) is 2.20. The third-order valence-corrected chi connectivity index (χ3v) is 4.96. The first kappa shape index (κ1) is 17.5. The number of carboxylic acid groups (broad SMARTS) is 1. The van der Waals surface area contributed by atoms with Gasteiger partial charge in [-0.05, 0) is 22.0 Å². The molecule has 0 atom stereocenters. The highest BCUT2D eigenvalue weighted by molar-refractivity contribution is 9.10. The lowest BCUT2D eigenvalue weighted by atomic mass is 10.3. The van der Waals surface area contributed by atoms with Gasteiger partial charge in [-0.1, -0.05) is 0 Å². The molecule has 7 nitrogen and oxygen atoms in total. The van der Waals surface area contributed by atoms with Gasteiger partial charge in [0.25, 0.3) is 0 Å². The van der Waals surface area contributed by atoms with Crippen molar-refractivity contribution in [2.24, 2.45) is 5.73 Å². The average Bonchev–Trinajstić information content (AvgIpc) is 2.24. The maximum Gasteiger partial charge on any atom is 0.318 e. The fraction of sp³-hybridized carbons (Fsp3) is 0.200. The molecule has 1 amide bonds. The van der Waals surface area contributed by atoms with Crippen LogP contribution in [0.15, 0.2) is 21.5 Å². The number of primary amides is 1. The van der Waals surface area contributed by atoms with Gasteiger partial charge >= 0.3 is 5.97 Å². The molecule has 21 heavy (non-hydrogen) atoms. The lowest BCUT2D eigenvalue weighted by Crippen LogP contribution is -2.41. The fourth-order valence-electron chi connectivity index (χ4n) is 1.46. The molecule has 0 bridgehead atoms. The van der Waals surface area contributed by atoms with Crippen molar-refractivity contribution in [3.63, 3.8) is 0 Å². The van der Waals surface area contributed by atoms with Crippen LogP contribution in [0.25, 0.3) is 0 Å². The molecule has 0 spiro atoms. The zero-order valence-electron chi connectivity index (χ0n) is 10.2. The number of nitrogens with zero attached hydrogens (tertiary/aromatic N) is 1. The zero-order chi connectivity index (χ0) is 16.4. The number of halogens is 3. The highest BCUT2D eigenvalue weighted by Crippen LogP contribution is 2.28. The van der Waals surface area contributed by atoms with Crippen molar-refractivity contribution in [3.8, 4) is 0 Å². The highest BCUT2D eigenvalue weighted by atomic mass is 79.9. The van der Waals surface area contributed by atoms with Crippen LogP contribution in [0, 0.1) is 11.6 Å². The average molecular weight is 387 g/mol. The van der Waals surface area contributed by atoms with E-state index in [0.29, 0.717) is 12.1 Å². The number of benzene rings is 1. The summed E-state index contributed by atoms with van der Waals surface area (Å²) in [7, 11) is -4.71. The van der Waals surface area contributed by atoms with E-state index in [4.69, 9.17) is 10.8 Å². The normalized spacial score (nSPS) is 11.6. The van der Waals surface area contributed by atoms with Gasteiger partial charge in [0.1, 0.15) is 23.1 Å². The quantitative estimate of drug-likeness (QED) is 0.728. The van der Waals surface area contributed by atoms with Crippen molar-refractivity contribution in [3.05, 3.63) is 28.2 Å². The maximum absolute atomic E-state index is 13.7. The Hall–Kier alpha value is -1.59. The van der Waals surface area contributed by atoms with E-state index in [1.54, 1.807) is 0 Å². The molecule has 0 aromatic heterocycles. The second-order valence-corrected chi connectivity index (χ2v) is 6.56. The Balaban J connectivity index is 3.42. The summed E-state index contributed by atoms with van der Waals surface area (Å²) in [6.07, 6.45) is 0. The predicted octanol–water partition coefficient (Wildman–Crippen LogP) is 0.288. The van der Waals surface area contributed by atoms with Gasteiger partial charge in [0.05, 0.1) is 6.54 Å². The van der Waals surface area contributed by atoms with Gasteiger partial charge in [-0.15, -0.1) is 0 Å². The molecule has 0 heterocycles. The molecule has 116 valence electrons. The van der Waals surface area contributed by atoms with Gasteiger partial charge in [0, 0.05) is 10.5 Å². The Morgan fingerprint density at radius 1 is 1.29 bits per heavy atom. The summed E-state index contributed by atoms with van der Waals surface area (Å²) in [5.74, 6) is -5.16. The second kappa shape index (κ2) is 6.45. The van der Waals surface area contributed by atoms with E-state index in [1.807, 2.05) is 0 Å². The van der Waals surface area contributed by atoms with E-state index < -0.39 is 56.0 Å². The Kier molecular flexibility index (Phi) is 5.36. The van der Waals surface area contributed by atoms with Crippen molar-refractivity contribution in [2.75, 3.05) is 13.1 Å². The van der Waals surface area contributed by atoms with Crippen LogP contribution in [0.4, 0.5) is 8.78 Å². The number of nitrogens with two attached hydrogens (primary N) is 1. The maximum atomic E-state index is 13.7. The van der Waals surface area contributed by atoms with Crippen molar-refractivity contribution in [2.45, 2.75) is 4.90 Å². The number of rotatable bonds is 6. The number of carbonyl (C=O) groups is 2. The number of hydrogen-bond acceptors (Lipinski definition) is 4. The number of hydrogen-bond donors (Lipinski definition) is 2. The van der Waals surface area contributed by atoms with E-state index in [9.17, 15) is 26.8 Å². The van der Waals surface area contributed by atoms with Gasteiger partial charge in [-0.25, -0.2) is 17.2 Å². The Labute approximate surface area is 126 Å². The number of carboxylic acids is 1. The van der Waals surface area contributed by atoms with Crippen LogP contribution in [-0.2, 0) is 19.6 Å². The molecule has 1 aromatic carbocycles. The largest absolute Gasteiger partial charge is 0.480 e. The monoisotopic (exact) mass is 386 g/mol. The summed E-state index contributed by atoms with van der Waals surface area (Å²) in [5, 5.41) is 8.67. The Morgan fingerprint density at radius 3 is 2.29 bits per heavy atom. The number of aliphatic carboxylic acids is 1. The molecule has 0 saturated heterocycles. The molecule has 0 saturated carbocycles. The molecule has 0 fully saturated rings. The summed E-state index contributed by atoms with van der Waals surface area (Å²) in [6.45, 7) is -2.06. The summed E-state index contributed by atoms with van der Waals surface area (Å²) in [5.41, 5.74) is 4.84. The molecular formula is C10H9BrF2N2O5S. The highest BCUT2D eigenvalue weighted by Gasteiger charge is 2.32. The number of sulfonamides is 1. The van der Waals surface area contributed by atoms with Gasteiger partial charge in [-0.3, -0.25) is 9.59 Å². The first-order valence-electron chi connectivity index (χ1n) is 5.20. The van der Waals surface area contributed by atoms with Crippen LogP contribution < -0.4 is 5.73 Å². The Bertz CT molecular complexity index is 656. The van der Waals surface area contributed by atoms with Crippen molar-refractivity contribution in [1.82, 2.24) is 4.31 Å². The lowest BCUT2D eigenvalue weighted by Gasteiger charge is -2.19. The van der Waals surface area contributed by atoms with E-state index in [2.05, 4.69) is 15.9 Å². The van der Waals surface area contributed by atoms with Crippen molar-refractivity contribution < 1.29 is 31.9 Å². The first-order valence-corrected chi connectivity index (χ1v) is 7.43. The minimum Gasteiger partial charge on any atom is -0.480 e. The minimum absolute atomic E-state index is 0.179. The second-order valence-electron chi connectivity index (χ2n) is 3.83. The minimum atomic E-state index is -4.71. The predicted molar refractivity (Wildman–Crippen MR) is 69.6 cm³/mol. The fourth-order valence-corrected chi connectivity index (χ4v) is 3.92. The topological polar surface area (TPSA) is 118 Å². The van der Waals surface area contributed by atoms with Gasteiger partial charge in [-0.2, -0.15) is 4.31 Å². The summed E-state index contributed by atoms with van der Waals surface area (Å²) >= 11 is 2.69. The van der Waals surface area contributed by atoms with Crippen LogP contribution >= 0.6 is 15.9 Å². The van der Waals surface area contributed by atoms with Crippen molar-refractivity contribution in [1.29, 1.82) is 0 Å². The van der Waals surface area contributed by atoms with Crippen LogP contribution in [0.5, 0.6) is 0 Å². The molecular weight excluding hydrogens is 378 g/mol. The summed E-state index contributed by atoms with van der Waals surface area (Å²) in [4.78, 5) is 20.5. The summed E-state index contributed by atoms with van der Waals surface area (Å²) in [6, 6.07) is 1.01. The molecule has 0 aliphatic heterocycles. The van der Waals surface area contributed by atoms with Crippen LogP contribution in [0.3, 0.4) is 0 Å². The molecule has 1 aromatic rings. The molecule has 3 N–H and O–H groups in total. The van der Waals surface area contributed by atoms with Gasteiger partial charge in [0.2, 0.25) is 15.9 Å². The van der Waals surface area contributed by atoms with Gasteiger partial charge < -0.3 is 10.8 Å². The molecule has 11 heteroatoms. The third kappa shape index (κ3) is 4.19. The number of amides is 1. The SMILES string of the molecule is NC(=O)CN(CC(=O)O)S(=O)(=O)c1c(F)cc(F)cc1Br. The summed E-state index contributed by atoms with van der Waals surface area (Å²) < 4.78 is 50.8. The molecule has 1 rings (SSSR count). The van der Waals surface area contributed by atoms with Gasteiger partial charge in [0.15, 0.2) is 0 Å². The standard InChI is InChI=1S/C10H9BrF2N2O5S/c11-6-1-5(12)2-7(13)10(6)21(19,20)15(3-8(14)16)4-9(17)18/h1-2H,3-4H2,(H2,14,16)(H,17,18). The van der Waals surface area contributed by atoms with Crippen LogP contribution in [0.2, 0.25) is 0 Å². The van der Waals surface area contributed by atoms with E-state index >= 15 is 0 Å². The zero-order valence-corrected chi connectivity index (χ0v) is 12.6. The van der Waals surface area contributed by atoms with E-state index in [1.165, 1.54) is 0 Å². The first-order chi connectivity index (χ1) is 9.55. The smallest absolute Gasteiger partial charge is 0.318 e. The Morgan fingerprint density at radius 2 is 1.86 bits per heavy atom. The van der Waals surface area contributed by atoms with Crippen LogP contribution in [-0.4, -0.2) is 42.8 Å². The van der Waals surface area contributed by atoms with E-state index in [-0.39, 0.29) is 4.31 Å². The molecule has 0 aliphatic carbocycles.